The van der Waals surface area contributed by atoms with Crippen LogP contribution in [0.1, 0.15) is 84.0 Å². The molecule has 1 saturated carbocycles. The summed E-state index contributed by atoms with van der Waals surface area (Å²) < 4.78 is 0. The van der Waals surface area contributed by atoms with Crippen molar-refractivity contribution in [1.82, 2.24) is 0 Å². The van der Waals surface area contributed by atoms with Gasteiger partial charge < -0.3 is 0 Å². The fourth-order valence-corrected chi connectivity index (χ4v) is 2.55. The molecule has 1 atom stereocenters. The largest absolute Gasteiger partial charge is 0.300 e. The number of rotatable bonds is 0. The molecule has 0 saturated heterocycles. The highest BCUT2D eigenvalue weighted by atomic mass is 16.1. The summed E-state index contributed by atoms with van der Waals surface area (Å²) in [6.45, 7) is 2.30. The fraction of sp³-hybridized carbons (Fsp3) is 0.933. The molecule has 0 aromatic heterocycles. The normalized spacial score (nSPS) is 27.3. The Balaban J connectivity index is 2.23. The summed E-state index contributed by atoms with van der Waals surface area (Å²) in [5, 5.41) is 0. The number of Topliss-reactive ketones (excluding diaryl/α,β-unsaturated/α-hetero) is 1. The van der Waals surface area contributed by atoms with E-state index in [0.717, 1.165) is 31.6 Å². The SMILES string of the molecule is CC1CCCCCCCCCCC(=O)CC1. The van der Waals surface area contributed by atoms with E-state index in [1.807, 2.05) is 0 Å². The van der Waals surface area contributed by atoms with E-state index in [1.54, 1.807) is 0 Å². The van der Waals surface area contributed by atoms with Crippen LogP contribution in [0.15, 0.2) is 0 Å². The van der Waals surface area contributed by atoms with Gasteiger partial charge in [-0.2, -0.15) is 0 Å². The van der Waals surface area contributed by atoms with Crippen LogP contribution in [-0.4, -0.2) is 5.78 Å². The van der Waals surface area contributed by atoms with E-state index in [0.29, 0.717) is 5.78 Å². The highest BCUT2D eigenvalue weighted by molar-refractivity contribution is 5.78. The monoisotopic (exact) mass is 224 g/mol. The Bertz CT molecular complexity index is 186. The van der Waals surface area contributed by atoms with Crippen molar-refractivity contribution in [3.8, 4) is 0 Å². The van der Waals surface area contributed by atoms with Gasteiger partial charge in [0.1, 0.15) is 5.78 Å². The van der Waals surface area contributed by atoms with Gasteiger partial charge in [-0.3, -0.25) is 4.79 Å². The number of carbonyl (C=O) groups excluding carboxylic acids is 1. The molecule has 0 heterocycles. The lowest BCUT2D eigenvalue weighted by molar-refractivity contribution is -0.119. The number of hydrogen-bond donors (Lipinski definition) is 0. The van der Waals surface area contributed by atoms with Crippen molar-refractivity contribution < 1.29 is 4.79 Å². The van der Waals surface area contributed by atoms with Gasteiger partial charge in [0.25, 0.3) is 0 Å². The molecule has 0 aromatic rings. The lowest BCUT2D eigenvalue weighted by Gasteiger charge is -2.11. The molecule has 16 heavy (non-hydrogen) atoms. The van der Waals surface area contributed by atoms with Gasteiger partial charge in [-0.25, -0.2) is 0 Å². The Labute approximate surface area is 101 Å². The van der Waals surface area contributed by atoms with Crippen LogP contribution >= 0.6 is 0 Å². The van der Waals surface area contributed by atoms with Crippen LogP contribution in [0, 0.1) is 5.92 Å². The third kappa shape index (κ3) is 7.03. The lowest BCUT2D eigenvalue weighted by Crippen LogP contribution is -2.03. The van der Waals surface area contributed by atoms with Crippen LogP contribution in [0.5, 0.6) is 0 Å². The third-order valence-electron chi connectivity index (χ3n) is 3.82. The van der Waals surface area contributed by atoms with E-state index in [4.69, 9.17) is 0 Å². The Morgan fingerprint density at radius 2 is 1.31 bits per heavy atom. The van der Waals surface area contributed by atoms with Crippen molar-refractivity contribution in [1.29, 1.82) is 0 Å². The minimum atomic E-state index is 0.504. The van der Waals surface area contributed by atoms with Gasteiger partial charge in [-0.1, -0.05) is 58.3 Å². The summed E-state index contributed by atoms with van der Waals surface area (Å²) in [7, 11) is 0. The van der Waals surface area contributed by atoms with E-state index < -0.39 is 0 Å². The zero-order chi connectivity index (χ0) is 11.6. The molecule has 94 valence electrons. The Morgan fingerprint density at radius 3 is 2.00 bits per heavy atom. The van der Waals surface area contributed by atoms with Gasteiger partial charge in [0.05, 0.1) is 0 Å². The summed E-state index contributed by atoms with van der Waals surface area (Å²) in [4.78, 5) is 11.6. The minimum Gasteiger partial charge on any atom is -0.300 e. The number of hydrogen-bond acceptors (Lipinski definition) is 1. The van der Waals surface area contributed by atoms with Gasteiger partial charge in [0, 0.05) is 12.8 Å². The molecule has 0 spiro atoms. The van der Waals surface area contributed by atoms with E-state index in [9.17, 15) is 4.79 Å². The molecule has 1 unspecified atom stereocenters. The summed E-state index contributed by atoms with van der Waals surface area (Å²) in [5.74, 6) is 1.26. The molecule has 1 nitrogen and oxygen atoms in total. The zero-order valence-electron chi connectivity index (χ0n) is 11.0. The zero-order valence-corrected chi connectivity index (χ0v) is 11.0. The average molecular weight is 224 g/mol. The summed E-state index contributed by atoms with van der Waals surface area (Å²) in [6.07, 6.45) is 14.8. The molecule has 1 aliphatic carbocycles. The van der Waals surface area contributed by atoms with E-state index in [1.165, 1.54) is 51.4 Å². The molecule has 1 aliphatic rings. The Kier molecular flexibility index (Phi) is 7.54. The smallest absolute Gasteiger partial charge is 0.132 e. The molecule has 0 aliphatic heterocycles. The first kappa shape index (κ1) is 13.7. The highest BCUT2D eigenvalue weighted by Crippen LogP contribution is 2.18. The second-order valence-electron chi connectivity index (χ2n) is 5.55. The fourth-order valence-electron chi connectivity index (χ4n) is 2.55. The third-order valence-corrected chi connectivity index (χ3v) is 3.82. The van der Waals surface area contributed by atoms with Crippen molar-refractivity contribution in [2.45, 2.75) is 84.0 Å². The van der Waals surface area contributed by atoms with Crippen LogP contribution in [0.4, 0.5) is 0 Å². The predicted octanol–water partition coefficient (Wildman–Crippen LogP) is 4.89. The Morgan fingerprint density at radius 1 is 0.750 bits per heavy atom. The average Bonchev–Trinajstić information content (AvgIpc) is 2.28. The van der Waals surface area contributed by atoms with Crippen molar-refractivity contribution >= 4 is 5.78 Å². The molecule has 1 rings (SSSR count). The van der Waals surface area contributed by atoms with Gasteiger partial charge in [0.15, 0.2) is 0 Å². The molecular formula is C15H28O. The van der Waals surface area contributed by atoms with Gasteiger partial charge in [-0.05, 0) is 18.8 Å². The molecule has 1 heteroatoms. The van der Waals surface area contributed by atoms with Crippen LogP contribution in [0.2, 0.25) is 0 Å². The molecule has 0 radical (unpaired) electrons. The van der Waals surface area contributed by atoms with Crippen LogP contribution < -0.4 is 0 Å². The van der Waals surface area contributed by atoms with E-state index in [-0.39, 0.29) is 0 Å². The maximum atomic E-state index is 11.6. The second kappa shape index (κ2) is 8.78. The highest BCUT2D eigenvalue weighted by Gasteiger charge is 2.07. The number of ketones is 1. The molecule has 0 amide bonds. The van der Waals surface area contributed by atoms with E-state index >= 15 is 0 Å². The van der Waals surface area contributed by atoms with Crippen LogP contribution in [0.3, 0.4) is 0 Å². The van der Waals surface area contributed by atoms with Crippen molar-refractivity contribution in [3.63, 3.8) is 0 Å². The molecule has 0 N–H and O–H groups in total. The Hall–Kier alpha value is -0.330. The van der Waals surface area contributed by atoms with Gasteiger partial charge >= 0.3 is 0 Å². The number of carbonyl (C=O) groups is 1. The molecular weight excluding hydrogens is 196 g/mol. The topological polar surface area (TPSA) is 17.1 Å². The first-order valence-corrected chi connectivity index (χ1v) is 7.31. The molecule has 0 bridgehead atoms. The second-order valence-corrected chi connectivity index (χ2v) is 5.55. The van der Waals surface area contributed by atoms with Crippen LogP contribution in [0.25, 0.3) is 0 Å². The predicted molar refractivity (Wildman–Crippen MR) is 69.6 cm³/mol. The van der Waals surface area contributed by atoms with E-state index in [2.05, 4.69) is 6.92 Å². The molecule has 1 fully saturated rings. The summed E-state index contributed by atoms with van der Waals surface area (Å²) in [6, 6.07) is 0. The summed E-state index contributed by atoms with van der Waals surface area (Å²) in [5.41, 5.74) is 0. The van der Waals surface area contributed by atoms with Gasteiger partial charge in [0.2, 0.25) is 0 Å². The first-order chi connectivity index (χ1) is 7.79. The van der Waals surface area contributed by atoms with Gasteiger partial charge in [-0.15, -0.1) is 0 Å². The van der Waals surface area contributed by atoms with Crippen molar-refractivity contribution in [2.24, 2.45) is 5.92 Å². The first-order valence-electron chi connectivity index (χ1n) is 7.31. The minimum absolute atomic E-state index is 0.504. The van der Waals surface area contributed by atoms with Crippen molar-refractivity contribution in [3.05, 3.63) is 0 Å². The summed E-state index contributed by atoms with van der Waals surface area (Å²) >= 11 is 0. The van der Waals surface area contributed by atoms with Crippen LogP contribution in [-0.2, 0) is 4.79 Å². The lowest BCUT2D eigenvalue weighted by atomic mass is 9.94. The standard InChI is InChI=1S/C15H28O/c1-14-10-8-6-4-2-3-5-7-9-11-15(16)13-12-14/h14H,2-13H2,1H3. The molecule has 0 aromatic carbocycles. The quantitative estimate of drug-likeness (QED) is 0.572. The maximum absolute atomic E-state index is 11.6. The van der Waals surface area contributed by atoms with Crippen molar-refractivity contribution in [2.75, 3.05) is 0 Å². The maximum Gasteiger partial charge on any atom is 0.132 e.